The van der Waals surface area contributed by atoms with Crippen LogP contribution in [0.1, 0.15) is 21.5 Å². The zero-order chi connectivity index (χ0) is 14.0. The number of benzene rings is 2. The van der Waals surface area contributed by atoms with Crippen LogP contribution in [0.5, 0.6) is 5.75 Å². The Morgan fingerprint density at radius 1 is 1.21 bits per heavy atom. The van der Waals surface area contributed by atoms with Crippen molar-refractivity contribution in [2.45, 2.75) is 11.8 Å². The minimum absolute atomic E-state index is 0.105. The van der Waals surface area contributed by atoms with Crippen molar-refractivity contribution in [3.8, 4) is 5.75 Å². The van der Waals surface area contributed by atoms with E-state index >= 15 is 0 Å². The molecule has 4 heteroatoms. The first-order valence-corrected chi connectivity index (χ1v) is 7.06. The van der Waals surface area contributed by atoms with Crippen LogP contribution < -0.4 is 4.74 Å². The number of halogens is 3. The van der Waals surface area contributed by atoms with Crippen molar-refractivity contribution in [1.82, 2.24) is 0 Å². The van der Waals surface area contributed by atoms with Crippen molar-refractivity contribution < 1.29 is 9.13 Å². The molecule has 100 valence electrons. The summed E-state index contributed by atoms with van der Waals surface area (Å²) in [5, 5.41) is 0.666. The van der Waals surface area contributed by atoms with Crippen molar-refractivity contribution >= 4 is 27.5 Å². The molecule has 2 rings (SSSR count). The predicted octanol–water partition coefficient (Wildman–Crippen LogP) is 5.28. The maximum atomic E-state index is 13.7. The van der Waals surface area contributed by atoms with Gasteiger partial charge in [0.1, 0.15) is 0 Å². The number of alkyl halides is 1. The topological polar surface area (TPSA) is 9.23 Å². The van der Waals surface area contributed by atoms with Crippen LogP contribution in [0.25, 0.3) is 0 Å². The lowest BCUT2D eigenvalue weighted by molar-refractivity contribution is 0.386. The van der Waals surface area contributed by atoms with Gasteiger partial charge in [-0.2, -0.15) is 0 Å². The first kappa shape index (κ1) is 14.4. The molecule has 0 saturated heterocycles. The summed E-state index contributed by atoms with van der Waals surface area (Å²) >= 11 is 9.61. The van der Waals surface area contributed by atoms with Crippen LogP contribution in [0.2, 0.25) is 5.02 Å². The van der Waals surface area contributed by atoms with E-state index in [0.29, 0.717) is 5.02 Å². The Bertz CT molecular complexity index is 601. The smallest absolute Gasteiger partial charge is 0.165 e. The largest absolute Gasteiger partial charge is 0.494 e. The van der Waals surface area contributed by atoms with E-state index in [1.165, 1.54) is 13.2 Å². The Balaban J connectivity index is 2.41. The van der Waals surface area contributed by atoms with Gasteiger partial charge in [0.15, 0.2) is 11.6 Å². The van der Waals surface area contributed by atoms with Crippen LogP contribution in [-0.2, 0) is 0 Å². The van der Waals surface area contributed by atoms with Crippen LogP contribution in [0.4, 0.5) is 4.39 Å². The van der Waals surface area contributed by atoms with E-state index in [1.54, 1.807) is 6.07 Å². The van der Waals surface area contributed by atoms with Gasteiger partial charge in [-0.05, 0) is 47.9 Å². The Morgan fingerprint density at radius 3 is 2.58 bits per heavy atom. The maximum Gasteiger partial charge on any atom is 0.165 e. The average Bonchev–Trinajstić information content (AvgIpc) is 2.40. The molecule has 0 heterocycles. The quantitative estimate of drug-likeness (QED) is 0.689. The van der Waals surface area contributed by atoms with Gasteiger partial charge in [0, 0.05) is 5.02 Å². The van der Waals surface area contributed by atoms with E-state index in [0.717, 1.165) is 16.7 Å². The summed E-state index contributed by atoms with van der Waals surface area (Å²) in [5.41, 5.74) is 2.95. The summed E-state index contributed by atoms with van der Waals surface area (Å²) in [5.74, 6) is -0.129. The van der Waals surface area contributed by atoms with Crippen LogP contribution in [0, 0.1) is 12.7 Å². The van der Waals surface area contributed by atoms with Crippen molar-refractivity contribution in [2.24, 2.45) is 0 Å². The monoisotopic (exact) mass is 342 g/mol. The van der Waals surface area contributed by atoms with Crippen LogP contribution in [0.3, 0.4) is 0 Å². The third kappa shape index (κ3) is 3.10. The first-order chi connectivity index (χ1) is 9.02. The van der Waals surface area contributed by atoms with Crippen LogP contribution >= 0.6 is 27.5 Å². The Morgan fingerprint density at radius 2 is 1.95 bits per heavy atom. The summed E-state index contributed by atoms with van der Waals surface area (Å²) in [6.07, 6.45) is 0. The SMILES string of the molecule is COc1ccc(C(Br)c2cc(Cl)ccc2C)cc1F. The van der Waals surface area contributed by atoms with Gasteiger partial charge in [-0.15, -0.1) is 0 Å². The van der Waals surface area contributed by atoms with E-state index in [-0.39, 0.29) is 16.4 Å². The molecule has 0 radical (unpaired) electrons. The van der Waals surface area contributed by atoms with E-state index in [9.17, 15) is 4.39 Å². The molecule has 0 aliphatic carbocycles. The fourth-order valence-corrected chi connectivity index (χ4v) is 2.86. The fraction of sp³-hybridized carbons (Fsp3) is 0.200. The molecule has 0 aromatic heterocycles. The number of methoxy groups -OCH3 is 1. The van der Waals surface area contributed by atoms with Crippen molar-refractivity contribution in [1.29, 1.82) is 0 Å². The molecular formula is C15H13BrClFO. The molecule has 1 unspecified atom stereocenters. The number of ether oxygens (including phenoxy) is 1. The van der Waals surface area contributed by atoms with E-state index in [2.05, 4.69) is 15.9 Å². The van der Waals surface area contributed by atoms with Crippen LogP contribution in [0.15, 0.2) is 36.4 Å². The normalized spacial score (nSPS) is 12.3. The molecule has 1 nitrogen and oxygen atoms in total. The van der Waals surface area contributed by atoms with Gasteiger partial charge in [0.2, 0.25) is 0 Å². The van der Waals surface area contributed by atoms with Gasteiger partial charge in [0.25, 0.3) is 0 Å². The summed E-state index contributed by atoms with van der Waals surface area (Å²) in [4.78, 5) is -0.105. The fourth-order valence-electron chi connectivity index (χ4n) is 1.90. The van der Waals surface area contributed by atoms with E-state index in [1.807, 2.05) is 31.2 Å². The molecule has 0 aliphatic rings. The standard InChI is InChI=1S/C15H13BrClFO/c1-9-3-5-11(17)8-12(9)15(16)10-4-6-14(19-2)13(18)7-10/h3-8,15H,1-2H3. The van der Waals surface area contributed by atoms with Crippen molar-refractivity contribution in [3.63, 3.8) is 0 Å². The summed E-state index contributed by atoms with van der Waals surface area (Å²) in [7, 11) is 1.45. The molecule has 0 aliphatic heterocycles. The second-order valence-electron chi connectivity index (χ2n) is 4.26. The second kappa shape index (κ2) is 5.93. The summed E-state index contributed by atoms with van der Waals surface area (Å²) in [6, 6.07) is 10.6. The molecule has 0 bridgehead atoms. The minimum atomic E-state index is -0.371. The number of hydrogen-bond donors (Lipinski definition) is 0. The van der Waals surface area contributed by atoms with E-state index in [4.69, 9.17) is 16.3 Å². The lowest BCUT2D eigenvalue weighted by atomic mass is 10.0. The Labute approximate surface area is 125 Å². The Hall–Kier alpha value is -1.06. The average molecular weight is 344 g/mol. The molecular weight excluding hydrogens is 331 g/mol. The van der Waals surface area contributed by atoms with Gasteiger partial charge in [-0.3, -0.25) is 0 Å². The third-order valence-corrected chi connectivity index (χ3v) is 4.24. The lowest BCUT2D eigenvalue weighted by Crippen LogP contribution is -1.98. The van der Waals surface area contributed by atoms with Gasteiger partial charge in [0.05, 0.1) is 11.9 Å². The molecule has 0 N–H and O–H groups in total. The number of rotatable bonds is 3. The highest BCUT2D eigenvalue weighted by Crippen LogP contribution is 2.35. The molecule has 0 fully saturated rings. The second-order valence-corrected chi connectivity index (χ2v) is 5.61. The van der Waals surface area contributed by atoms with Crippen molar-refractivity contribution in [2.75, 3.05) is 7.11 Å². The zero-order valence-corrected chi connectivity index (χ0v) is 12.9. The predicted molar refractivity (Wildman–Crippen MR) is 79.9 cm³/mol. The highest BCUT2D eigenvalue weighted by molar-refractivity contribution is 9.09. The van der Waals surface area contributed by atoms with Gasteiger partial charge >= 0.3 is 0 Å². The molecule has 19 heavy (non-hydrogen) atoms. The third-order valence-electron chi connectivity index (χ3n) is 2.98. The highest BCUT2D eigenvalue weighted by Gasteiger charge is 2.15. The Kier molecular flexibility index (Phi) is 4.48. The van der Waals surface area contributed by atoms with Crippen LogP contribution in [-0.4, -0.2) is 7.11 Å². The van der Waals surface area contributed by atoms with Gasteiger partial charge in [-0.1, -0.05) is 39.7 Å². The number of aryl methyl sites for hydroxylation is 1. The zero-order valence-electron chi connectivity index (χ0n) is 10.6. The summed E-state index contributed by atoms with van der Waals surface area (Å²) < 4.78 is 18.7. The summed E-state index contributed by atoms with van der Waals surface area (Å²) in [6.45, 7) is 2.00. The van der Waals surface area contributed by atoms with Gasteiger partial charge in [-0.25, -0.2) is 4.39 Å². The number of hydrogen-bond acceptors (Lipinski definition) is 1. The minimum Gasteiger partial charge on any atom is -0.494 e. The molecule has 2 aromatic rings. The molecule has 0 saturated carbocycles. The molecule has 0 spiro atoms. The van der Waals surface area contributed by atoms with Crippen molar-refractivity contribution in [3.05, 3.63) is 63.9 Å². The highest BCUT2D eigenvalue weighted by atomic mass is 79.9. The van der Waals surface area contributed by atoms with E-state index < -0.39 is 0 Å². The molecule has 2 aromatic carbocycles. The van der Waals surface area contributed by atoms with Gasteiger partial charge < -0.3 is 4.74 Å². The molecule has 0 amide bonds. The maximum absolute atomic E-state index is 13.7. The molecule has 1 atom stereocenters. The first-order valence-electron chi connectivity index (χ1n) is 5.76. The lowest BCUT2D eigenvalue weighted by Gasteiger charge is -2.15.